The molecule has 1 aliphatic rings. The summed E-state index contributed by atoms with van der Waals surface area (Å²) in [6.45, 7) is 11.0. The van der Waals surface area contributed by atoms with Crippen molar-refractivity contribution in [2.75, 3.05) is 0 Å². The molecule has 3 heteroatoms. The average molecular weight is 232 g/mol. The third kappa shape index (κ3) is 2.08. The molecule has 0 radical (unpaired) electrons. The molecule has 1 fully saturated rings. The molecule has 1 saturated heterocycles. The maximum Gasteiger partial charge on any atom is 0.328 e. The van der Waals surface area contributed by atoms with Gasteiger partial charge in [-0.25, -0.2) is 0 Å². The van der Waals surface area contributed by atoms with Crippen LogP contribution >= 0.6 is 0 Å². The summed E-state index contributed by atoms with van der Waals surface area (Å²) in [6.07, 6.45) is 1.02. The third-order valence-corrected chi connectivity index (χ3v) is 4.36. The number of rotatable bonds is 1. The average Bonchev–Trinajstić information content (AvgIpc) is 2.35. The SMILES string of the molecule is Cc1cc(O)ccc1B1CC(C)(C)C(C)(C)O1. The van der Waals surface area contributed by atoms with Crippen LogP contribution in [-0.2, 0) is 4.65 Å². The lowest BCUT2D eigenvalue weighted by Gasteiger charge is -2.34. The molecule has 2 nitrogen and oxygen atoms in total. The summed E-state index contributed by atoms with van der Waals surface area (Å²) in [4.78, 5) is 0. The molecular weight excluding hydrogens is 211 g/mol. The first kappa shape index (κ1) is 12.5. The zero-order valence-electron chi connectivity index (χ0n) is 11.4. The van der Waals surface area contributed by atoms with Crippen LogP contribution in [0.25, 0.3) is 0 Å². The first-order valence-corrected chi connectivity index (χ1v) is 6.20. The summed E-state index contributed by atoms with van der Waals surface area (Å²) in [5, 5.41) is 9.44. The van der Waals surface area contributed by atoms with E-state index in [0.717, 1.165) is 11.9 Å². The molecule has 1 aliphatic heterocycles. The Bertz CT molecular complexity index is 422. The van der Waals surface area contributed by atoms with Crippen molar-refractivity contribution in [2.24, 2.45) is 5.41 Å². The summed E-state index contributed by atoms with van der Waals surface area (Å²) in [5.74, 6) is 0.322. The Balaban J connectivity index is 2.32. The molecule has 0 saturated carbocycles. The molecule has 92 valence electrons. The Kier molecular flexibility index (Phi) is 2.77. The van der Waals surface area contributed by atoms with Crippen LogP contribution in [0.1, 0.15) is 33.3 Å². The first-order valence-electron chi connectivity index (χ1n) is 6.20. The largest absolute Gasteiger partial charge is 0.508 e. The van der Waals surface area contributed by atoms with Crippen LogP contribution in [0, 0.1) is 12.3 Å². The molecule has 2 rings (SSSR count). The van der Waals surface area contributed by atoms with Crippen molar-refractivity contribution in [3.8, 4) is 5.75 Å². The molecule has 0 amide bonds. The highest BCUT2D eigenvalue weighted by Gasteiger charge is 2.50. The molecule has 1 heterocycles. The lowest BCUT2D eigenvalue weighted by molar-refractivity contribution is 0.0375. The minimum absolute atomic E-state index is 0.109. The fraction of sp³-hybridized carbons (Fsp3) is 0.571. The summed E-state index contributed by atoms with van der Waals surface area (Å²) >= 11 is 0. The Morgan fingerprint density at radius 3 is 2.35 bits per heavy atom. The van der Waals surface area contributed by atoms with E-state index < -0.39 is 0 Å². The van der Waals surface area contributed by atoms with Crippen LogP contribution in [0.15, 0.2) is 18.2 Å². The summed E-state index contributed by atoms with van der Waals surface area (Å²) in [5.41, 5.74) is 2.36. The predicted octanol–water partition coefficient (Wildman–Crippen LogP) is 2.73. The normalized spacial score (nSPS) is 21.8. The van der Waals surface area contributed by atoms with E-state index >= 15 is 0 Å². The standard InChI is InChI=1S/C14H21BO2/c1-10-8-11(16)6-7-12(10)15-9-13(2,3)14(4,5)17-15/h6-8,16H,9H2,1-5H3. The van der Waals surface area contributed by atoms with E-state index in [0.29, 0.717) is 5.75 Å². The van der Waals surface area contributed by atoms with Crippen molar-refractivity contribution in [3.05, 3.63) is 23.8 Å². The van der Waals surface area contributed by atoms with E-state index in [1.165, 1.54) is 5.46 Å². The molecule has 0 spiro atoms. The second-order valence-corrected chi connectivity index (χ2v) is 6.25. The molecule has 0 aromatic heterocycles. The first-order chi connectivity index (χ1) is 7.73. The van der Waals surface area contributed by atoms with E-state index in [1.54, 1.807) is 12.1 Å². The zero-order chi connectivity index (χ0) is 12.8. The maximum atomic E-state index is 9.44. The van der Waals surface area contributed by atoms with E-state index in [1.807, 2.05) is 13.0 Å². The molecule has 1 aromatic rings. The van der Waals surface area contributed by atoms with Gasteiger partial charge in [0.2, 0.25) is 0 Å². The van der Waals surface area contributed by atoms with Crippen molar-refractivity contribution >= 4 is 12.4 Å². The molecule has 17 heavy (non-hydrogen) atoms. The van der Waals surface area contributed by atoms with Gasteiger partial charge in [-0.2, -0.15) is 0 Å². The fourth-order valence-corrected chi connectivity index (χ4v) is 2.46. The topological polar surface area (TPSA) is 29.5 Å². The van der Waals surface area contributed by atoms with Gasteiger partial charge in [0.25, 0.3) is 0 Å². The number of aryl methyl sites for hydroxylation is 1. The highest BCUT2D eigenvalue weighted by atomic mass is 16.5. The number of aromatic hydroxyl groups is 1. The van der Waals surface area contributed by atoms with Gasteiger partial charge in [-0.15, -0.1) is 0 Å². The van der Waals surface area contributed by atoms with Crippen LogP contribution in [0.4, 0.5) is 0 Å². The van der Waals surface area contributed by atoms with Crippen molar-refractivity contribution in [3.63, 3.8) is 0 Å². The minimum atomic E-state index is -0.109. The Hall–Kier alpha value is -0.955. The number of hydrogen-bond acceptors (Lipinski definition) is 2. The number of phenolic OH excluding ortho intramolecular Hbond substituents is 1. The summed E-state index contributed by atoms with van der Waals surface area (Å²) in [6, 6.07) is 5.52. The van der Waals surface area contributed by atoms with E-state index in [-0.39, 0.29) is 17.9 Å². The smallest absolute Gasteiger partial charge is 0.328 e. The van der Waals surface area contributed by atoms with E-state index in [9.17, 15) is 5.11 Å². The van der Waals surface area contributed by atoms with Gasteiger partial charge in [0.15, 0.2) is 0 Å². The van der Waals surface area contributed by atoms with Crippen LogP contribution in [-0.4, -0.2) is 17.6 Å². The number of benzene rings is 1. The summed E-state index contributed by atoms with van der Waals surface area (Å²) in [7, 11) is 0. The second-order valence-electron chi connectivity index (χ2n) is 6.25. The quantitative estimate of drug-likeness (QED) is 0.754. The molecule has 0 aliphatic carbocycles. The second kappa shape index (κ2) is 3.77. The number of hydrogen-bond donors (Lipinski definition) is 1. The monoisotopic (exact) mass is 232 g/mol. The summed E-state index contributed by atoms with van der Waals surface area (Å²) < 4.78 is 6.19. The Morgan fingerprint density at radius 2 is 1.88 bits per heavy atom. The minimum Gasteiger partial charge on any atom is -0.508 e. The van der Waals surface area contributed by atoms with Gasteiger partial charge >= 0.3 is 6.92 Å². The van der Waals surface area contributed by atoms with Crippen molar-refractivity contribution in [1.29, 1.82) is 0 Å². The predicted molar refractivity (Wildman–Crippen MR) is 72.0 cm³/mol. The van der Waals surface area contributed by atoms with Crippen molar-refractivity contribution < 1.29 is 9.76 Å². The molecule has 0 unspecified atom stereocenters. The van der Waals surface area contributed by atoms with Gasteiger partial charge in [-0.1, -0.05) is 25.5 Å². The maximum absolute atomic E-state index is 9.44. The van der Waals surface area contributed by atoms with Gasteiger partial charge in [-0.05, 0) is 50.1 Å². The van der Waals surface area contributed by atoms with E-state index in [2.05, 4.69) is 27.7 Å². The van der Waals surface area contributed by atoms with Crippen LogP contribution in [0.2, 0.25) is 6.32 Å². The molecule has 1 aromatic carbocycles. The van der Waals surface area contributed by atoms with E-state index in [4.69, 9.17) is 4.65 Å². The Labute approximate surface area is 104 Å². The zero-order valence-corrected chi connectivity index (χ0v) is 11.4. The van der Waals surface area contributed by atoms with Crippen LogP contribution < -0.4 is 5.46 Å². The van der Waals surface area contributed by atoms with Gasteiger partial charge in [0, 0.05) is 0 Å². The van der Waals surface area contributed by atoms with Crippen LogP contribution in [0.3, 0.4) is 0 Å². The fourth-order valence-electron chi connectivity index (χ4n) is 2.46. The van der Waals surface area contributed by atoms with Gasteiger partial charge in [0.1, 0.15) is 5.75 Å². The number of phenols is 1. The lowest BCUT2D eigenvalue weighted by Crippen LogP contribution is -2.36. The highest BCUT2D eigenvalue weighted by molar-refractivity contribution is 6.68. The highest BCUT2D eigenvalue weighted by Crippen LogP contribution is 2.45. The van der Waals surface area contributed by atoms with Gasteiger partial charge in [0.05, 0.1) is 5.60 Å². The third-order valence-electron chi connectivity index (χ3n) is 4.36. The van der Waals surface area contributed by atoms with Crippen molar-refractivity contribution in [2.45, 2.75) is 46.5 Å². The Morgan fingerprint density at radius 1 is 1.24 bits per heavy atom. The molecular formula is C14H21BO2. The molecule has 0 bridgehead atoms. The lowest BCUT2D eigenvalue weighted by atomic mass is 9.53. The van der Waals surface area contributed by atoms with Crippen molar-refractivity contribution in [1.82, 2.24) is 0 Å². The van der Waals surface area contributed by atoms with Crippen LogP contribution in [0.5, 0.6) is 5.75 Å². The molecule has 1 N–H and O–H groups in total. The molecule has 0 atom stereocenters. The van der Waals surface area contributed by atoms with Gasteiger partial charge < -0.3 is 9.76 Å². The van der Waals surface area contributed by atoms with Gasteiger partial charge in [-0.3, -0.25) is 0 Å².